The van der Waals surface area contributed by atoms with Gasteiger partial charge in [-0.05, 0) is 79.7 Å². The molecule has 0 radical (unpaired) electrons. The van der Waals surface area contributed by atoms with Gasteiger partial charge in [-0.15, -0.1) is 0 Å². The van der Waals surface area contributed by atoms with Crippen LogP contribution in [0.2, 0.25) is 5.02 Å². The zero-order chi connectivity index (χ0) is 29.6. The largest absolute Gasteiger partial charge is 0.457 e. The van der Waals surface area contributed by atoms with Crippen molar-refractivity contribution in [2.45, 2.75) is 13.8 Å². The first-order valence-corrected chi connectivity index (χ1v) is 13.6. The van der Waals surface area contributed by atoms with Gasteiger partial charge in [0.2, 0.25) is 11.8 Å². The van der Waals surface area contributed by atoms with Gasteiger partial charge in [-0.1, -0.05) is 59.6 Å². The van der Waals surface area contributed by atoms with Gasteiger partial charge in [0.1, 0.15) is 11.5 Å². The summed E-state index contributed by atoms with van der Waals surface area (Å²) in [6, 6.07) is 32.1. The number of nitrogens with zero attached hydrogens (tertiary/aromatic N) is 1. The van der Waals surface area contributed by atoms with Gasteiger partial charge in [-0.2, -0.15) is 0 Å². The summed E-state index contributed by atoms with van der Waals surface area (Å²) in [5.74, 6) is 0.209. The highest BCUT2D eigenvalue weighted by molar-refractivity contribution is 6.30. The molecule has 1 N–H and O–H groups in total. The van der Waals surface area contributed by atoms with Crippen LogP contribution in [0.3, 0.4) is 0 Å². The molecular weight excluding hydrogens is 548 g/mol. The summed E-state index contributed by atoms with van der Waals surface area (Å²) < 4.78 is 5.83. The molecule has 7 heteroatoms. The van der Waals surface area contributed by atoms with Crippen LogP contribution in [-0.2, 0) is 9.59 Å². The standard InChI is InChI=1S/C35H27ClN2O4/c1-23-8-15-29(16-9-23)38(24(2)39)32-19-14-28(22-31(32)35(41)26-6-4-3-5-7-26)37-34(40)21-18-30-17-20-33(42-30)25-10-12-27(36)13-11-25/h3-22H,1-2H3,(H,37,40). The van der Waals surface area contributed by atoms with Crippen molar-refractivity contribution in [2.75, 3.05) is 10.2 Å². The van der Waals surface area contributed by atoms with E-state index in [0.29, 0.717) is 39.2 Å². The van der Waals surface area contributed by atoms with E-state index >= 15 is 0 Å². The molecule has 0 saturated heterocycles. The molecule has 0 atom stereocenters. The Bertz CT molecular complexity index is 1770. The van der Waals surface area contributed by atoms with Gasteiger partial charge in [-0.3, -0.25) is 19.3 Å². The fourth-order valence-corrected chi connectivity index (χ4v) is 4.60. The van der Waals surface area contributed by atoms with E-state index in [-0.39, 0.29) is 17.3 Å². The summed E-state index contributed by atoms with van der Waals surface area (Å²) in [4.78, 5) is 40.9. The quantitative estimate of drug-likeness (QED) is 0.149. The Labute approximate surface area is 248 Å². The maximum Gasteiger partial charge on any atom is 0.248 e. The highest BCUT2D eigenvalue weighted by atomic mass is 35.5. The maximum absolute atomic E-state index is 13.7. The molecule has 1 heterocycles. The maximum atomic E-state index is 13.7. The molecule has 0 bridgehead atoms. The lowest BCUT2D eigenvalue weighted by atomic mass is 9.99. The van der Waals surface area contributed by atoms with Crippen LogP contribution in [-0.4, -0.2) is 17.6 Å². The highest BCUT2D eigenvalue weighted by Gasteiger charge is 2.23. The first-order valence-electron chi connectivity index (χ1n) is 13.2. The van der Waals surface area contributed by atoms with Gasteiger partial charge in [-0.25, -0.2) is 0 Å². The van der Waals surface area contributed by atoms with Crippen LogP contribution in [0.15, 0.2) is 120 Å². The molecular formula is C35H27ClN2O4. The predicted molar refractivity (Wildman–Crippen MR) is 167 cm³/mol. The Kier molecular flexibility index (Phi) is 8.46. The molecule has 42 heavy (non-hydrogen) atoms. The lowest BCUT2D eigenvalue weighted by molar-refractivity contribution is -0.116. The zero-order valence-corrected chi connectivity index (χ0v) is 23.8. The van der Waals surface area contributed by atoms with E-state index in [1.165, 1.54) is 17.9 Å². The molecule has 2 amide bonds. The molecule has 0 saturated carbocycles. The molecule has 4 aromatic carbocycles. The first-order chi connectivity index (χ1) is 20.3. The third-order valence-corrected chi connectivity index (χ3v) is 6.80. The minimum atomic E-state index is -0.410. The van der Waals surface area contributed by atoms with Crippen molar-refractivity contribution in [3.63, 3.8) is 0 Å². The van der Waals surface area contributed by atoms with Crippen molar-refractivity contribution < 1.29 is 18.8 Å². The Morgan fingerprint density at radius 3 is 2.24 bits per heavy atom. The smallest absolute Gasteiger partial charge is 0.248 e. The molecule has 0 aliphatic rings. The molecule has 0 fully saturated rings. The van der Waals surface area contributed by atoms with Crippen molar-refractivity contribution in [1.82, 2.24) is 0 Å². The fourth-order valence-electron chi connectivity index (χ4n) is 4.47. The van der Waals surface area contributed by atoms with Crippen LogP contribution in [0, 0.1) is 6.92 Å². The predicted octanol–water partition coefficient (Wildman–Crippen LogP) is 8.48. The van der Waals surface area contributed by atoms with Crippen LogP contribution >= 0.6 is 11.6 Å². The SMILES string of the molecule is CC(=O)N(c1ccc(C)cc1)c1ccc(NC(=O)C=Cc2ccc(-c3ccc(Cl)cc3)o2)cc1C(=O)c1ccccc1. The van der Waals surface area contributed by atoms with Crippen LogP contribution in [0.25, 0.3) is 17.4 Å². The van der Waals surface area contributed by atoms with Crippen LogP contribution in [0.5, 0.6) is 0 Å². The van der Waals surface area contributed by atoms with Crippen molar-refractivity contribution in [1.29, 1.82) is 0 Å². The number of carbonyl (C=O) groups excluding carboxylic acids is 3. The highest BCUT2D eigenvalue weighted by Crippen LogP contribution is 2.33. The topological polar surface area (TPSA) is 79.6 Å². The molecule has 6 nitrogen and oxygen atoms in total. The number of hydrogen-bond acceptors (Lipinski definition) is 4. The number of ketones is 1. The second-order valence-electron chi connectivity index (χ2n) is 9.65. The van der Waals surface area contributed by atoms with Gasteiger partial charge in [0.05, 0.1) is 5.69 Å². The normalized spacial score (nSPS) is 10.9. The number of rotatable bonds is 8. The molecule has 0 unspecified atom stereocenters. The van der Waals surface area contributed by atoms with Gasteiger partial charge in [0.15, 0.2) is 5.78 Å². The number of anilines is 3. The summed E-state index contributed by atoms with van der Waals surface area (Å²) in [5, 5.41) is 3.44. The van der Waals surface area contributed by atoms with E-state index in [4.69, 9.17) is 16.0 Å². The zero-order valence-electron chi connectivity index (χ0n) is 23.0. The average molecular weight is 575 g/mol. The molecule has 0 aliphatic carbocycles. The van der Waals surface area contributed by atoms with Gasteiger partial charge >= 0.3 is 0 Å². The lowest BCUT2D eigenvalue weighted by Crippen LogP contribution is -2.25. The van der Waals surface area contributed by atoms with E-state index in [1.807, 2.05) is 55.5 Å². The Balaban J connectivity index is 1.42. The molecule has 1 aromatic heterocycles. The molecule has 0 aliphatic heterocycles. The van der Waals surface area contributed by atoms with E-state index in [9.17, 15) is 14.4 Å². The number of halogens is 1. The second kappa shape index (κ2) is 12.5. The molecule has 5 rings (SSSR count). The second-order valence-corrected chi connectivity index (χ2v) is 10.1. The molecule has 5 aromatic rings. The number of furan rings is 1. The van der Waals surface area contributed by atoms with Gasteiger partial charge in [0.25, 0.3) is 0 Å². The van der Waals surface area contributed by atoms with Crippen LogP contribution in [0.4, 0.5) is 17.1 Å². The Hall–Kier alpha value is -5.20. The Morgan fingerprint density at radius 2 is 1.55 bits per heavy atom. The minimum absolute atomic E-state index is 0.253. The van der Waals surface area contributed by atoms with E-state index < -0.39 is 5.91 Å². The van der Waals surface area contributed by atoms with E-state index in [1.54, 1.807) is 66.7 Å². The van der Waals surface area contributed by atoms with Gasteiger partial charge in [0, 0.05) is 46.1 Å². The van der Waals surface area contributed by atoms with E-state index in [2.05, 4.69) is 5.32 Å². The third kappa shape index (κ3) is 6.57. The summed E-state index contributed by atoms with van der Waals surface area (Å²) in [6.45, 7) is 3.41. The lowest BCUT2D eigenvalue weighted by Gasteiger charge is -2.24. The van der Waals surface area contributed by atoms with Crippen molar-refractivity contribution in [3.8, 4) is 11.3 Å². The van der Waals surface area contributed by atoms with Crippen molar-refractivity contribution in [2.24, 2.45) is 0 Å². The number of aryl methyl sites for hydroxylation is 1. The number of amides is 2. The monoisotopic (exact) mass is 574 g/mol. The number of hydrogen-bond donors (Lipinski definition) is 1. The molecule has 208 valence electrons. The average Bonchev–Trinajstić information content (AvgIpc) is 3.47. The third-order valence-electron chi connectivity index (χ3n) is 6.55. The summed E-state index contributed by atoms with van der Waals surface area (Å²) in [5.41, 5.74) is 4.10. The van der Waals surface area contributed by atoms with Crippen molar-refractivity contribution >= 4 is 52.3 Å². The minimum Gasteiger partial charge on any atom is -0.457 e. The number of carbonyl (C=O) groups is 3. The van der Waals surface area contributed by atoms with Crippen LogP contribution in [0.1, 0.15) is 34.2 Å². The summed E-state index contributed by atoms with van der Waals surface area (Å²) >= 11 is 5.96. The van der Waals surface area contributed by atoms with Crippen molar-refractivity contribution in [3.05, 3.63) is 143 Å². The van der Waals surface area contributed by atoms with Crippen LogP contribution < -0.4 is 10.2 Å². The van der Waals surface area contributed by atoms with E-state index in [0.717, 1.165) is 11.1 Å². The fraction of sp³-hybridized carbons (Fsp3) is 0.0571. The summed E-state index contributed by atoms with van der Waals surface area (Å²) in [7, 11) is 0. The number of nitrogens with one attached hydrogen (secondary N) is 1. The number of benzene rings is 4. The summed E-state index contributed by atoms with van der Waals surface area (Å²) in [6.07, 6.45) is 2.92. The first kappa shape index (κ1) is 28.3. The van der Waals surface area contributed by atoms with Gasteiger partial charge < -0.3 is 9.73 Å². The molecule has 0 spiro atoms. The Morgan fingerprint density at radius 1 is 0.833 bits per heavy atom.